The second-order valence-corrected chi connectivity index (χ2v) is 6.37. The molecule has 0 spiro atoms. The molecule has 126 valence electrons. The summed E-state index contributed by atoms with van der Waals surface area (Å²) < 4.78 is 0. The molecule has 0 aromatic heterocycles. The Hall–Kier alpha value is -2.24. The summed E-state index contributed by atoms with van der Waals surface area (Å²) in [6.07, 6.45) is 1.92. The zero-order valence-corrected chi connectivity index (χ0v) is 13.8. The number of benzene rings is 2. The second kappa shape index (κ2) is 6.71. The summed E-state index contributed by atoms with van der Waals surface area (Å²) in [7, 11) is 0. The summed E-state index contributed by atoms with van der Waals surface area (Å²) in [6, 6.07) is 9.09. The normalized spacial score (nSPS) is 15.0. The molecule has 0 aliphatic carbocycles. The summed E-state index contributed by atoms with van der Waals surface area (Å²) in [5.74, 6) is -0.0875. The summed E-state index contributed by atoms with van der Waals surface area (Å²) >= 11 is 6.09. The van der Waals surface area contributed by atoms with E-state index in [9.17, 15) is 15.0 Å². The highest BCUT2D eigenvalue weighted by atomic mass is 35.5. The van der Waals surface area contributed by atoms with Crippen LogP contribution in [0.25, 0.3) is 0 Å². The van der Waals surface area contributed by atoms with Crippen molar-refractivity contribution in [2.75, 3.05) is 11.4 Å². The molecule has 0 radical (unpaired) electrons. The van der Waals surface area contributed by atoms with E-state index in [1.54, 1.807) is 23.1 Å². The smallest absolute Gasteiger partial charge is 0.244 e. The molecule has 24 heavy (non-hydrogen) atoms. The molecule has 1 atom stereocenters. The Kier molecular flexibility index (Phi) is 4.64. The average Bonchev–Trinajstić information content (AvgIpc) is 2.56. The van der Waals surface area contributed by atoms with Gasteiger partial charge in [-0.25, -0.2) is 0 Å². The molecule has 0 unspecified atom stereocenters. The number of nitrogens with zero attached hydrogens (tertiary/aromatic N) is 1. The van der Waals surface area contributed by atoms with Crippen molar-refractivity contribution < 1.29 is 15.0 Å². The number of phenols is 2. The van der Waals surface area contributed by atoms with Crippen molar-refractivity contribution >= 4 is 23.2 Å². The molecule has 1 aliphatic heterocycles. The van der Waals surface area contributed by atoms with Crippen molar-refractivity contribution in [2.24, 2.45) is 5.73 Å². The summed E-state index contributed by atoms with van der Waals surface area (Å²) in [4.78, 5) is 14.4. The Morgan fingerprint density at radius 1 is 1.29 bits per heavy atom. The van der Waals surface area contributed by atoms with Crippen LogP contribution < -0.4 is 10.6 Å². The van der Waals surface area contributed by atoms with Crippen LogP contribution in [0.1, 0.15) is 17.5 Å². The Labute approximate surface area is 145 Å². The first-order valence-corrected chi connectivity index (χ1v) is 8.20. The SMILES string of the molecule is N[C@H](Cc1ccc(O)cc1Cl)C(=O)N1CCCc2cccc(O)c21. The molecular weight excluding hydrogens is 328 g/mol. The maximum Gasteiger partial charge on any atom is 0.244 e. The predicted octanol–water partition coefficient (Wildman–Crippen LogP) is 2.60. The lowest BCUT2D eigenvalue weighted by atomic mass is 9.99. The third kappa shape index (κ3) is 3.18. The lowest BCUT2D eigenvalue weighted by Crippen LogP contribution is -2.47. The van der Waals surface area contributed by atoms with Gasteiger partial charge in [-0.3, -0.25) is 4.79 Å². The van der Waals surface area contributed by atoms with Gasteiger partial charge in [-0.1, -0.05) is 29.8 Å². The van der Waals surface area contributed by atoms with Gasteiger partial charge in [0.25, 0.3) is 0 Å². The molecule has 0 fully saturated rings. The number of phenolic OH excluding ortho intramolecular Hbond substituents is 2. The number of carbonyl (C=O) groups excluding carboxylic acids is 1. The number of aromatic hydroxyl groups is 2. The minimum Gasteiger partial charge on any atom is -0.508 e. The van der Waals surface area contributed by atoms with Gasteiger partial charge >= 0.3 is 0 Å². The molecular formula is C18H19ClN2O3. The average molecular weight is 347 g/mol. The van der Waals surface area contributed by atoms with Crippen molar-refractivity contribution in [1.82, 2.24) is 0 Å². The molecule has 2 aromatic carbocycles. The van der Waals surface area contributed by atoms with Gasteiger partial charge in [-0.2, -0.15) is 0 Å². The monoisotopic (exact) mass is 346 g/mol. The van der Waals surface area contributed by atoms with Gasteiger partial charge in [0, 0.05) is 11.6 Å². The lowest BCUT2D eigenvalue weighted by molar-refractivity contribution is -0.119. The first-order valence-electron chi connectivity index (χ1n) is 7.82. The zero-order chi connectivity index (χ0) is 17.3. The van der Waals surface area contributed by atoms with Gasteiger partial charge in [0.2, 0.25) is 5.91 Å². The number of carbonyl (C=O) groups is 1. The number of hydrogen-bond acceptors (Lipinski definition) is 4. The number of fused-ring (bicyclic) bond motifs is 1. The molecule has 1 aliphatic rings. The van der Waals surface area contributed by atoms with E-state index >= 15 is 0 Å². The second-order valence-electron chi connectivity index (χ2n) is 5.96. The summed E-state index contributed by atoms with van der Waals surface area (Å²) in [5, 5.41) is 19.9. The minimum atomic E-state index is -0.780. The molecule has 0 saturated heterocycles. The van der Waals surface area contributed by atoms with Gasteiger partial charge in [0.05, 0.1) is 11.7 Å². The maximum atomic E-state index is 12.8. The van der Waals surface area contributed by atoms with Crippen LogP contribution in [0.15, 0.2) is 36.4 Å². The number of para-hydroxylation sites is 1. The molecule has 1 heterocycles. The van der Waals surface area contributed by atoms with Gasteiger partial charge in [0.1, 0.15) is 11.5 Å². The highest BCUT2D eigenvalue weighted by Gasteiger charge is 2.29. The number of rotatable bonds is 3. The van der Waals surface area contributed by atoms with Crippen LogP contribution in [0.3, 0.4) is 0 Å². The van der Waals surface area contributed by atoms with Crippen molar-refractivity contribution in [3.05, 3.63) is 52.5 Å². The first kappa shape index (κ1) is 16.6. The highest BCUT2D eigenvalue weighted by Crippen LogP contribution is 2.35. The molecule has 5 nitrogen and oxygen atoms in total. The van der Waals surface area contributed by atoms with E-state index in [0.29, 0.717) is 22.8 Å². The van der Waals surface area contributed by atoms with E-state index in [0.717, 1.165) is 18.4 Å². The summed E-state index contributed by atoms with van der Waals surface area (Å²) in [5.41, 5.74) is 8.30. The van der Waals surface area contributed by atoms with Crippen LogP contribution in [0.4, 0.5) is 5.69 Å². The van der Waals surface area contributed by atoms with Gasteiger partial charge < -0.3 is 20.8 Å². The van der Waals surface area contributed by atoms with E-state index in [4.69, 9.17) is 17.3 Å². The number of amides is 1. The Morgan fingerprint density at radius 3 is 2.83 bits per heavy atom. The van der Waals surface area contributed by atoms with E-state index in [-0.39, 0.29) is 23.8 Å². The first-order chi connectivity index (χ1) is 11.5. The van der Waals surface area contributed by atoms with Crippen LogP contribution >= 0.6 is 11.6 Å². The fourth-order valence-electron chi connectivity index (χ4n) is 3.08. The van der Waals surface area contributed by atoms with E-state index in [2.05, 4.69) is 0 Å². The molecule has 0 bridgehead atoms. The number of aryl methyl sites for hydroxylation is 1. The minimum absolute atomic E-state index is 0.0681. The van der Waals surface area contributed by atoms with E-state index in [1.807, 2.05) is 6.07 Å². The van der Waals surface area contributed by atoms with Crippen molar-refractivity contribution in [3.8, 4) is 11.5 Å². The van der Waals surface area contributed by atoms with E-state index < -0.39 is 6.04 Å². The van der Waals surface area contributed by atoms with Gasteiger partial charge in [-0.05, 0) is 48.6 Å². The quantitative estimate of drug-likeness (QED) is 0.797. The largest absolute Gasteiger partial charge is 0.508 e. The lowest BCUT2D eigenvalue weighted by Gasteiger charge is -2.32. The van der Waals surface area contributed by atoms with Crippen LogP contribution in [-0.4, -0.2) is 28.7 Å². The third-order valence-electron chi connectivity index (χ3n) is 4.26. The number of anilines is 1. The Balaban J connectivity index is 1.82. The number of halogens is 1. The molecule has 3 rings (SSSR count). The molecule has 6 heteroatoms. The van der Waals surface area contributed by atoms with Crippen molar-refractivity contribution in [3.63, 3.8) is 0 Å². The molecule has 2 aromatic rings. The Bertz CT molecular complexity index is 779. The predicted molar refractivity (Wildman–Crippen MR) is 93.6 cm³/mol. The van der Waals surface area contributed by atoms with Crippen LogP contribution in [0, 0.1) is 0 Å². The standard InChI is InChI=1S/C18H19ClN2O3/c19-14-10-13(22)7-6-12(14)9-15(20)18(24)21-8-2-4-11-3-1-5-16(23)17(11)21/h1,3,5-7,10,15,22-23H,2,4,8-9,20H2/t15-/m1/s1. The fraction of sp³-hybridized carbons (Fsp3) is 0.278. The highest BCUT2D eigenvalue weighted by molar-refractivity contribution is 6.31. The fourth-order valence-corrected chi connectivity index (χ4v) is 3.33. The molecule has 1 amide bonds. The van der Waals surface area contributed by atoms with Crippen molar-refractivity contribution in [2.45, 2.75) is 25.3 Å². The van der Waals surface area contributed by atoms with Gasteiger partial charge in [0.15, 0.2) is 0 Å². The maximum absolute atomic E-state index is 12.8. The van der Waals surface area contributed by atoms with E-state index in [1.165, 1.54) is 12.1 Å². The van der Waals surface area contributed by atoms with Crippen LogP contribution in [0.5, 0.6) is 11.5 Å². The summed E-state index contributed by atoms with van der Waals surface area (Å²) in [6.45, 7) is 0.528. The molecule has 0 saturated carbocycles. The number of nitrogens with two attached hydrogens (primary N) is 1. The number of hydrogen-bond donors (Lipinski definition) is 3. The topological polar surface area (TPSA) is 86.8 Å². The zero-order valence-electron chi connectivity index (χ0n) is 13.1. The van der Waals surface area contributed by atoms with Crippen LogP contribution in [-0.2, 0) is 17.6 Å². The Morgan fingerprint density at radius 2 is 2.08 bits per heavy atom. The molecule has 4 N–H and O–H groups in total. The van der Waals surface area contributed by atoms with Crippen LogP contribution in [0.2, 0.25) is 5.02 Å². The van der Waals surface area contributed by atoms with Crippen molar-refractivity contribution in [1.29, 1.82) is 0 Å². The third-order valence-corrected chi connectivity index (χ3v) is 4.61. The van der Waals surface area contributed by atoms with Gasteiger partial charge in [-0.15, -0.1) is 0 Å².